The van der Waals surface area contributed by atoms with E-state index in [1.807, 2.05) is 12.3 Å². The lowest BCUT2D eigenvalue weighted by molar-refractivity contribution is 0.418. The molecule has 1 saturated heterocycles. The van der Waals surface area contributed by atoms with Crippen LogP contribution in [-0.4, -0.2) is 35.1 Å². The van der Waals surface area contributed by atoms with Crippen LogP contribution < -0.4 is 10.2 Å². The Bertz CT molecular complexity index is 411. The summed E-state index contributed by atoms with van der Waals surface area (Å²) in [4.78, 5) is 11.5. The summed E-state index contributed by atoms with van der Waals surface area (Å²) in [6.45, 7) is 12.9. The van der Waals surface area contributed by atoms with Crippen LogP contribution in [-0.2, 0) is 5.41 Å². The molecule has 0 spiro atoms. The highest BCUT2D eigenvalue weighted by atomic mass is 15.3. The molecule has 100 valence electrons. The molecule has 4 heteroatoms. The van der Waals surface area contributed by atoms with E-state index in [0.717, 1.165) is 24.7 Å². The standard InChI is InChI=1S/C14H24N4/c1-10-9-18(11(2)8-16-10)13-15-7-6-12(17-13)14(3,4)5/h6-7,10-11,16H,8-9H2,1-5H3. The maximum absolute atomic E-state index is 4.74. The van der Waals surface area contributed by atoms with Gasteiger partial charge in [-0.1, -0.05) is 20.8 Å². The highest BCUT2D eigenvalue weighted by molar-refractivity contribution is 5.34. The summed E-state index contributed by atoms with van der Waals surface area (Å²) in [6.07, 6.45) is 1.88. The van der Waals surface area contributed by atoms with Crippen LogP contribution in [0, 0.1) is 0 Å². The van der Waals surface area contributed by atoms with Crippen LogP contribution in [0.4, 0.5) is 5.95 Å². The molecule has 1 N–H and O–H groups in total. The second kappa shape index (κ2) is 4.84. The van der Waals surface area contributed by atoms with E-state index >= 15 is 0 Å². The fourth-order valence-electron chi connectivity index (χ4n) is 2.20. The predicted molar refractivity (Wildman–Crippen MR) is 75.0 cm³/mol. The second-order valence-electron chi connectivity index (χ2n) is 6.30. The van der Waals surface area contributed by atoms with Crippen molar-refractivity contribution in [3.8, 4) is 0 Å². The van der Waals surface area contributed by atoms with Gasteiger partial charge in [0.25, 0.3) is 0 Å². The number of rotatable bonds is 1. The van der Waals surface area contributed by atoms with Crippen molar-refractivity contribution in [2.24, 2.45) is 0 Å². The smallest absolute Gasteiger partial charge is 0.225 e. The summed E-state index contributed by atoms with van der Waals surface area (Å²) < 4.78 is 0. The van der Waals surface area contributed by atoms with Crippen LogP contribution in [0.1, 0.15) is 40.3 Å². The number of aromatic nitrogens is 2. The van der Waals surface area contributed by atoms with Crippen molar-refractivity contribution in [3.05, 3.63) is 18.0 Å². The van der Waals surface area contributed by atoms with Crippen LogP contribution in [0.25, 0.3) is 0 Å². The van der Waals surface area contributed by atoms with Gasteiger partial charge < -0.3 is 10.2 Å². The first-order chi connectivity index (χ1) is 8.38. The second-order valence-corrected chi connectivity index (χ2v) is 6.30. The Labute approximate surface area is 110 Å². The molecule has 2 atom stereocenters. The molecule has 0 amide bonds. The van der Waals surface area contributed by atoms with Crippen LogP contribution in [0.5, 0.6) is 0 Å². The van der Waals surface area contributed by atoms with E-state index in [2.05, 4.69) is 49.8 Å². The zero-order valence-electron chi connectivity index (χ0n) is 12.1. The van der Waals surface area contributed by atoms with Gasteiger partial charge in [0.05, 0.1) is 5.69 Å². The largest absolute Gasteiger partial charge is 0.335 e. The number of piperazine rings is 1. The zero-order valence-corrected chi connectivity index (χ0v) is 12.1. The molecule has 2 unspecified atom stereocenters. The van der Waals surface area contributed by atoms with Gasteiger partial charge in [0.2, 0.25) is 5.95 Å². The van der Waals surface area contributed by atoms with Crippen molar-refractivity contribution in [2.45, 2.75) is 52.1 Å². The van der Waals surface area contributed by atoms with Crippen LogP contribution in [0.15, 0.2) is 12.3 Å². The van der Waals surface area contributed by atoms with E-state index in [0.29, 0.717) is 12.1 Å². The van der Waals surface area contributed by atoms with E-state index in [4.69, 9.17) is 4.98 Å². The molecule has 1 aromatic heterocycles. The molecule has 2 rings (SSSR count). The topological polar surface area (TPSA) is 41.1 Å². The van der Waals surface area contributed by atoms with Gasteiger partial charge in [-0.3, -0.25) is 0 Å². The molecular formula is C14H24N4. The van der Waals surface area contributed by atoms with Gasteiger partial charge in [0.15, 0.2) is 0 Å². The summed E-state index contributed by atoms with van der Waals surface area (Å²) in [5.74, 6) is 0.864. The molecule has 4 nitrogen and oxygen atoms in total. The molecule has 0 aliphatic carbocycles. The van der Waals surface area contributed by atoms with Crippen molar-refractivity contribution in [1.82, 2.24) is 15.3 Å². The first kappa shape index (κ1) is 13.3. The fourth-order valence-corrected chi connectivity index (χ4v) is 2.20. The Morgan fingerprint density at radius 3 is 2.72 bits per heavy atom. The molecule has 1 aliphatic rings. The molecular weight excluding hydrogens is 224 g/mol. The minimum atomic E-state index is 0.0700. The van der Waals surface area contributed by atoms with E-state index in [1.165, 1.54) is 0 Å². The van der Waals surface area contributed by atoms with Gasteiger partial charge in [-0.05, 0) is 19.9 Å². The summed E-state index contributed by atoms with van der Waals surface area (Å²) in [7, 11) is 0. The lowest BCUT2D eigenvalue weighted by Crippen LogP contribution is -2.55. The zero-order chi connectivity index (χ0) is 13.3. The summed E-state index contributed by atoms with van der Waals surface area (Å²) >= 11 is 0. The number of nitrogens with one attached hydrogen (secondary N) is 1. The normalized spacial score (nSPS) is 25.3. The summed E-state index contributed by atoms with van der Waals surface area (Å²) in [5.41, 5.74) is 1.17. The van der Waals surface area contributed by atoms with Crippen LogP contribution >= 0.6 is 0 Å². The third-order valence-electron chi connectivity index (χ3n) is 3.43. The Balaban J connectivity index is 2.27. The Morgan fingerprint density at radius 2 is 2.06 bits per heavy atom. The number of nitrogens with zero attached hydrogens (tertiary/aromatic N) is 3. The maximum Gasteiger partial charge on any atom is 0.225 e. The molecule has 18 heavy (non-hydrogen) atoms. The molecule has 1 aromatic rings. The van der Waals surface area contributed by atoms with Crippen molar-refractivity contribution in [1.29, 1.82) is 0 Å². The molecule has 0 saturated carbocycles. The fraction of sp³-hybridized carbons (Fsp3) is 0.714. The van der Waals surface area contributed by atoms with E-state index in [9.17, 15) is 0 Å². The van der Waals surface area contributed by atoms with Gasteiger partial charge >= 0.3 is 0 Å². The van der Waals surface area contributed by atoms with E-state index < -0.39 is 0 Å². The monoisotopic (exact) mass is 248 g/mol. The molecule has 1 fully saturated rings. The third kappa shape index (κ3) is 2.80. The molecule has 1 aliphatic heterocycles. The van der Waals surface area contributed by atoms with Gasteiger partial charge in [-0.2, -0.15) is 0 Å². The number of hydrogen-bond donors (Lipinski definition) is 1. The van der Waals surface area contributed by atoms with Gasteiger partial charge in [-0.25, -0.2) is 9.97 Å². The molecule has 0 aromatic carbocycles. The van der Waals surface area contributed by atoms with Crippen molar-refractivity contribution in [2.75, 3.05) is 18.0 Å². The Kier molecular flexibility index (Phi) is 3.57. The lowest BCUT2D eigenvalue weighted by atomic mass is 9.92. The van der Waals surface area contributed by atoms with Gasteiger partial charge in [0.1, 0.15) is 0 Å². The van der Waals surface area contributed by atoms with Gasteiger partial charge in [-0.15, -0.1) is 0 Å². The summed E-state index contributed by atoms with van der Waals surface area (Å²) in [5, 5.41) is 3.48. The average Bonchev–Trinajstić information content (AvgIpc) is 2.31. The molecule has 0 bridgehead atoms. The lowest BCUT2D eigenvalue weighted by Gasteiger charge is -2.37. The van der Waals surface area contributed by atoms with E-state index in [1.54, 1.807) is 0 Å². The van der Waals surface area contributed by atoms with Crippen molar-refractivity contribution in [3.63, 3.8) is 0 Å². The number of anilines is 1. The average molecular weight is 248 g/mol. The predicted octanol–water partition coefficient (Wildman–Crippen LogP) is 1.96. The van der Waals surface area contributed by atoms with Crippen LogP contribution in [0.2, 0.25) is 0 Å². The van der Waals surface area contributed by atoms with Crippen LogP contribution in [0.3, 0.4) is 0 Å². The quantitative estimate of drug-likeness (QED) is 0.825. The SMILES string of the molecule is CC1CN(c2nccc(C(C)(C)C)n2)C(C)CN1. The van der Waals surface area contributed by atoms with Crippen molar-refractivity contribution >= 4 is 5.95 Å². The van der Waals surface area contributed by atoms with Gasteiger partial charge in [0, 0.05) is 36.8 Å². The number of hydrogen-bond acceptors (Lipinski definition) is 4. The minimum absolute atomic E-state index is 0.0700. The molecule has 0 radical (unpaired) electrons. The van der Waals surface area contributed by atoms with E-state index in [-0.39, 0.29) is 5.41 Å². The first-order valence-electron chi connectivity index (χ1n) is 6.71. The summed E-state index contributed by atoms with van der Waals surface area (Å²) in [6, 6.07) is 2.94. The Hall–Kier alpha value is -1.16. The van der Waals surface area contributed by atoms with Crippen molar-refractivity contribution < 1.29 is 0 Å². The highest BCUT2D eigenvalue weighted by Gasteiger charge is 2.25. The first-order valence-corrected chi connectivity index (χ1v) is 6.71. The third-order valence-corrected chi connectivity index (χ3v) is 3.43. The Morgan fingerprint density at radius 1 is 1.33 bits per heavy atom. The minimum Gasteiger partial charge on any atom is -0.335 e. The maximum atomic E-state index is 4.74. The molecule has 2 heterocycles. The highest BCUT2D eigenvalue weighted by Crippen LogP contribution is 2.22.